The van der Waals surface area contributed by atoms with E-state index in [9.17, 15) is 5.11 Å². The van der Waals surface area contributed by atoms with E-state index in [-0.39, 0.29) is 6.10 Å². The molecule has 0 fully saturated rings. The van der Waals surface area contributed by atoms with Crippen LogP contribution in [0.1, 0.15) is 64.7 Å². The molecule has 1 unspecified atom stereocenters. The maximum Gasteiger partial charge on any atom is 0.0540 e. The minimum atomic E-state index is -0.0938. The topological polar surface area (TPSA) is 20.2 Å². The first-order valence-corrected chi connectivity index (χ1v) is 5.78. The number of hydrogen-bond acceptors (Lipinski definition) is 1. The van der Waals surface area contributed by atoms with Crippen molar-refractivity contribution in [2.75, 3.05) is 0 Å². The molecular formula is C12H25O. The molecule has 0 aliphatic rings. The van der Waals surface area contributed by atoms with E-state index in [1.54, 1.807) is 0 Å². The Balaban J connectivity index is 2.97. The molecular weight excluding hydrogens is 160 g/mol. The fourth-order valence-electron chi connectivity index (χ4n) is 1.54. The van der Waals surface area contributed by atoms with Crippen molar-refractivity contribution in [3.8, 4) is 0 Å². The lowest BCUT2D eigenvalue weighted by atomic mass is 10.0. The van der Waals surface area contributed by atoms with Crippen molar-refractivity contribution in [3.05, 3.63) is 6.92 Å². The predicted octanol–water partition coefficient (Wildman–Crippen LogP) is 3.71. The molecule has 1 heteroatoms. The molecule has 1 nitrogen and oxygen atoms in total. The third-order valence-electron chi connectivity index (χ3n) is 2.43. The minimum Gasteiger partial charge on any atom is -0.393 e. The molecule has 0 aromatic carbocycles. The average Bonchev–Trinajstić information content (AvgIpc) is 2.11. The molecule has 0 aromatic rings. The summed E-state index contributed by atoms with van der Waals surface area (Å²) in [5.74, 6) is 0. The lowest BCUT2D eigenvalue weighted by Crippen LogP contribution is -2.04. The lowest BCUT2D eigenvalue weighted by Gasteiger charge is -2.07. The quantitative estimate of drug-likeness (QED) is 0.543. The molecule has 0 spiro atoms. The molecule has 0 aliphatic heterocycles. The van der Waals surface area contributed by atoms with Crippen molar-refractivity contribution in [1.29, 1.82) is 0 Å². The highest BCUT2D eigenvalue weighted by molar-refractivity contribution is 4.57. The molecule has 1 atom stereocenters. The summed E-state index contributed by atoms with van der Waals surface area (Å²) >= 11 is 0. The fourth-order valence-corrected chi connectivity index (χ4v) is 1.54. The van der Waals surface area contributed by atoms with Crippen LogP contribution >= 0.6 is 0 Å². The normalized spacial score (nSPS) is 13.2. The van der Waals surface area contributed by atoms with E-state index in [0.29, 0.717) is 0 Å². The fraction of sp³-hybridized carbons (Fsp3) is 0.917. The van der Waals surface area contributed by atoms with Crippen molar-refractivity contribution in [2.45, 2.75) is 70.8 Å². The molecule has 1 N–H and O–H groups in total. The van der Waals surface area contributed by atoms with Crippen LogP contribution in [0.3, 0.4) is 0 Å². The van der Waals surface area contributed by atoms with Gasteiger partial charge in [-0.25, -0.2) is 0 Å². The van der Waals surface area contributed by atoms with Crippen LogP contribution in [0.5, 0.6) is 0 Å². The van der Waals surface area contributed by atoms with Gasteiger partial charge in [-0.05, 0) is 12.8 Å². The highest BCUT2D eigenvalue weighted by Gasteiger charge is 2.01. The van der Waals surface area contributed by atoms with Crippen molar-refractivity contribution in [2.24, 2.45) is 0 Å². The molecule has 1 radical (unpaired) electrons. The summed E-state index contributed by atoms with van der Waals surface area (Å²) in [5, 5.41) is 9.41. The SMILES string of the molecule is [CH2]CCC(O)CCCCCCCC. The van der Waals surface area contributed by atoms with Gasteiger partial charge >= 0.3 is 0 Å². The van der Waals surface area contributed by atoms with Crippen LogP contribution < -0.4 is 0 Å². The van der Waals surface area contributed by atoms with Gasteiger partial charge in [-0.3, -0.25) is 0 Å². The Labute approximate surface area is 83.5 Å². The third-order valence-corrected chi connectivity index (χ3v) is 2.43. The summed E-state index contributed by atoms with van der Waals surface area (Å²) in [6.45, 7) is 5.97. The molecule has 13 heavy (non-hydrogen) atoms. The summed E-state index contributed by atoms with van der Waals surface area (Å²) in [5.41, 5.74) is 0. The molecule has 0 aliphatic carbocycles. The van der Waals surface area contributed by atoms with E-state index in [0.717, 1.165) is 19.3 Å². The van der Waals surface area contributed by atoms with Crippen LogP contribution in [-0.2, 0) is 0 Å². The summed E-state index contributed by atoms with van der Waals surface area (Å²) < 4.78 is 0. The largest absolute Gasteiger partial charge is 0.393 e. The van der Waals surface area contributed by atoms with E-state index in [2.05, 4.69) is 13.8 Å². The van der Waals surface area contributed by atoms with Crippen LogP contribution in [0.25, 0.3) is 0 Å². The minimum absolute atomic E-state index is 0.0938. The van der Waals surface area contributed by atoms with E-state index in [4.69, 9.17) is 0 Å². The smallest absolute Gasteiger partial charge is 0.0540 e. The van der Waals surface area contributed by atoms with Crippen molar-refractivity contribution < 1.29 is 5.11 Å². The number of aliphatic hydroxyl groups excluding tert-OH is 1. The number of rotatable bonds is 9. The van der Waals surface area contributed by atoms with Gasteiger partial charge in [0.05, 0.1) is 6.10 Å². The Bertz CT molecular complexity index is 91.1. The zero-order valence-corrected chi connectivity index (χ0v) is 9.10. The molecule has 79 valence electrons. The molecule has 0 rings (SSSR count). The van der Waals surface area contributed by atoms with E-state index < -0.39 is 0 Å². The molecule has 0 aromatic heterocycles. The van der Waals surface area contributed by atoms with Crippen LogP contribution in [-0.4, -0.2) is 11.2 Å². The second-order valence-electron chi connectivity index (χ2n) is 3.85. The van der Waals surface area contributed by atoms with Crippen molar-refractivity contribution in [1.82, 2.24) is 0 Å². The van der Waals surface area contributed by atoms with Gasteiger partial charge in [-0.15, -0.1) is 0 Å². The molecule has 0 heterocycles. The Morgan fingerprint density at radius 1 is 1.00 bits per heavy atom. The Morgan fingerprint density at radius 3 is 2.23 bits per heavy atom. The maximum absolute atomic E-state index is 9.41. The average molecular weight is 185 g/mol. The van der Waals surface area contributed by atoms with E-state index in [1.807, 2.05) is 0 Å². The number of unbranched alkanes of at least 4 members (excludes halogenated alkanes) is 5. The summed E-state index contributed by atoms with van der Waals surface area (Å²) in [4.78, 5) is 0. The van der Waals surface area contributed by atoms with E-state index in [1.165, 1.54) is 38.5 Å². The van der Waals surface area contributed by atoms with Gasteiger partial charge in [-0.1, -0.05) is 58.8 Å². The van der Waals surface area contributed by atoms with Crippen LogP contribution in [0, 0.1) is 6.92 Å². The summed E-state index contributed by atoms with van der Waals surface area (Å²) in [6.07, 6.45) is 10.5. The van der Waals surface area contributed by atoms with Crippen LogP contribution in [0.4, 0.5) is 0 Å². The zero-order chi connectivity index (χ0) is 9.94. The standard InChI is InChI=1S/C12H25O/c1-3-5-6-7-8-9-11-12(13)10-4-2/h12-13H,2-11H2,1H3. The second-order valence-corrected chi connectivity index (χ2v) is 3.85. The Hall–Kier alpha value is -0.0400. The first-order valence-electron chi connectivity index (χ1n) is 5.78. The van der Waals surface area contributed by atoms with Crippen molar-refractivity contribution in [3.63, 3.8) is 0 Å². The van der Waals surface area contributed by atoms with Crippen LogP contribution in [0.15, 0.2) is 0 Å². The maximum atomic E-state index is 9.41. The van der Waals surface area contributed by atoms with Crippen LogP contribution in [0.2, 0.25) is 0 Å². The Kier molecular flexibility index (Phi) is 10.0. The van der Waals surface area contributed by atoms with Gasteiger partial charge in [0.2, 0.25) is 0 Å². The highest BCUT2D eigenvalue weighted by atomic mass is 16.3. The van der Waals surface area contributed by atoms with Gasteiger partial charge in [0.1, 0.15) is 0 Å². The number of hydrogen-bond donors (Lipinski definition) is 1. The highest BCUT2D eigenvalue weighted by Crippen LogP contribution is 2.10. The van der Waals surface area contributed by atoms with Gasteiger partial charge in [0.25, 0.3) is 0 Å². The summed E-state index contributed by atoms with van der Waals surface area (Å²) in [6, 6.07) is 0. The van der Waals surface area contributed by atoms with Gasteiger partial charge in [-0.2, -0.15) is 0 Å². The first kappa shape index (κ1) is 13.0. The van der Waals surface area contributed by atoms with E-state index >= 15 is 0 Å². The van der Waals surface area contributed by atoms with Gasteiger partial charge < -0.3 is 5.11 Å². The van der Waals surface area contributed by atoms with Gasteiger partial charge in [0, 0.05) is 0 Å². The Morgan fingerprint density at radius 2 is 1.62 bits per heavy atom. The summed E-state index contributed by atoms with van der Waals surface area (Å²) in [7, 11) is 0. The molecule has 0 saturated carbocycles. The molecule has 0 bridgehead atoms. The number of aliphatic hydroxyl groups is 1. The lowest BCUT2D eigenvalue weighted by molar-refractivity contribution is 0.152. The van der Waals surface area contributed by atoms with Crippen molar-refractivity contribution >= 4 is 0 Å². The second kappa shape index (κ2) is 10.0. The monoisotopic (exact) mass is 185 g/mol. The molecule has 0 saturated heterocycles. The molecule has 0 amide bonds. The predicted molar refractivity (Wildman–Crippen MR) is 58.6 cm³/mol. The first-order chi connectivity index (χ1) is 6.31. The van der Waals surface area contributed by atoms with Gasteiger partial charge in [0.15, 0.2) is 0 Å². The third kappa shape index (κ3) is 9.88. The zero-order valence-electron chi connectivity index (χ0n) is 9.10.